The Morgan fingerprint density at radius 3 is 2.18 bits per heavy atom. The van der Waals surface area contributed by atoms with E-state index in [-0.39, 0.29) is 24.3 Å². The average molecular weight is 630 g/mol. The summed E-state index contributed by atoms with van der Waals surface area (Å²) >= 11 is 1.60. The largest absolute Gasteiger partial charge is 0.497 e. The quantitative estimate of drug-likeness (QED) is 0.280. The summed E-state index contributed by atoms with van der Waals surface area (Å²) in [5.41, 5.74) is 2.13. The number of amides is 3. The Bertz CT molecular complexity index is 1550. The topological polar surface area (TPSA) is 117 Å². The zero-order valence-electron chi connectivity index (χ0n) is 25.7. The van der Waals surface area contributed by atoms with E-state index >= 15 is 0 Å². The van der Waals surface area contributed by atoms with Gasteiger partial charge >= 0.3 is 0 Å². The summed E-state index contributed by atoms with van der Waals surface area (Å²) in [6.07, 6.45) is 1.67. The summed E-state index contributed by atoms with van der Waals surface area (Å²) in [6.45, 7) is 4.17. The molecule has 0 aromatic heterocycles. The van der Waals surface area contributed by atoms with E-state index in [0.29, 0.717) is 48.7 Å². The summed E-state index contributed by atoms with van der Waals surface area (Å²) in [5.74, 6) is -0.846. The van der Waals surface area contributed by atoms with E-state index < -0.39 is 33.4 Å². The van der Waals surface area contributed by atoms with Crippen LogP contribution in [0, 0.1) is 11.8 Å². The van der Waals surface area contributed by atoms with E-state index in [1.807, 2.05) is 44.2 Å². The molecular formula is C35H39N3O6S. The van der Waals surface area contributed by atoms with Crippen LogP contribution in [0.1, 0.15) is 32.3 Å². The molecule has 2 bridgehead atoms. The maximum atomic E-state index is 14.6. The number of hydrogen-bond donors (Lipinski definition) is 3. The van der Waals surface area contributed by atoms with Crippen molar-refractivity contribution in [1.29, 1.82) is 0 Å². The smallest absolute Gasteiger partial charge is 0.248 e. The first-order valence-corrected chi connectivity index (χ1v) is 16.2. The number of fused-ring (bicyclic) bond motifs is 1. The number of aliphatic hydroxyl groups is 1. The summed E-state index contributed by atoms with van der Waals surface area (Å²) in [4.78, 5) is 44.7. The number of carbonyl (C=O) groups is 3. The minimum Gasteiger partial charge on any atom is -0.497 e. The molecule has 3 aliphatic heterocycles. The normalized spacial score (nSPS) is 27.2. The van der Waals surface area contributed by atoms with Gasteiger partial charge in [0.05, 0.1) is 42.9 Å². The van der Waals surface area contributed by atoms with Crippen molar-refractivity contribution in [2.75, 3.05) is 31.0 Å². The van der Waals surface area contributed by atoms with Crippen molar-refractivity contribution in [3.63, 3.8) is 0 Å². The Kier molecular flexibility index (Phi) is 8.54. The lowest BCUT2D eigenvalue weighted by Crippen LogP contribution is -2.55. The van der Waals surface area contributed by atoms with Crippen LogP contribution in [0.3, 0.4) is 0 Å². The van der Waals surface area contributed by atoms with E-state index in [1.165, 1.54) is 0 Å². The van der Waals surface area contributed by atoms with Crippen molar-refractivity contribution in [2.24, 2.45) is 11.8 Å². The fraction of sp³-hybridized carbons (Fsp3) is 0.400. The third-order valence-electron chi connectivity index (χ3n) is 9.45. The highest BCUT2D eigenvalue weighted by Crippen LogP contribution is 2.71. The van der Waals surface area contributed by atoms with Gasteiger partial charge in [0.2, 0.25) is 17.7 Å². The number of likely N-dealkylation sites (tertiary alicyclic amines) is 1. The molecule has 3 aliphatic rings. The Morgan fingerprint density at radius 1 is 0.956 bits per heavy atom. The molecule has 6 rings (SSSR count). The van der Waals surface area contributed by atoms with E-state index in [0.717, 1.165) is 5.56 Å². The molecule has 1 spiro atoms. The summed E-state index contributed by atoms with van der Waals surface area (Å²) in [6, 6.07) is 22.3. The van der Waals surface area contributed by atoms with Gasteiger partial charge in [-0.25, -0.2) is 0 Å². The van der Waals surface area contributed by atoms with Crippen molar-refractivity contribution < 1.29 is 29.0 Å². The van der Waals surface area contributed by atoms with Gasteiger partial charge in [-0.05, 0) is 87.2 Å². The molecule has 0 saturated carbocycles. The van der Waals surface area contributed by atoms with Gasteiger partial charge in [-0.3, -0.25) is 14.4 Å². The van der Waals surface area contributed by atoms with Gasteiger partial charge in [0.25, 0.3) is 0 Å². The molecule has 3 heterocycles. The fourth-order valence-electron chi connectivity index (χ4n) is 7.50. The molecule has 3 saturated heterocycles. The van der Waals surface area contributed by atoms with Crippen molar-refractivity contribution >= 4 is 40.9 Å². The van der Waals surface area contributed by atoms with Crippen LogP contribution >= 0.6 is 11.8 Å². The zero-order valence-corrected chi connectivity index (χ0v) is 26.5. The number of ether oxygens (including phenoxy) is 2. The lowest BCUT2D eigenvalue weighted by molar-refractivity contribution is -0.141. The number of thioether (sulfide) groups is 1. The molecule has 6 atom stereocenters. The maximum absolute atomic E-state index is 14.6. The standard InChI is InChI=1S/C35H39N3O6S/c1-4-44-27-16-12-23(13-17-27)36-31(40)28-29-33(42)38(25(21-39)20-22-8-6-5-7-9-22)30(35(29)19-18-34(28,2)45-35)32(41)37-24-10-14-26(43-3)15-11-24/h5-17,25,28-30,39H,4,18-21H2,1-3H3,(H,36,40)(H,37,41)/t25-,28-,29+,30?,34+,35?/m1/s1. The van der Waals surface area contributed by atoms with E-state index in [1.54, 1.807) is 72.3 Å². The minimum atomic E-state index is -0.881. The lowest BCUT2D eigenvalue weighted by atomic mass is 9.66. The van der Waals surface area contributed by atoms with Crippen molar-refractivity contribution in [1.82, 2.24) is 4.90 Å². The molecule has 3 fully saturated rings. The Hall–Kier alpha value is -4.02. The van der Waals surface area contributed by atoms with E-state index in [2.05, 4.69) is 10.6 Å². The molecule has 9 nitrogen and oxygen atoms in total. The second-order valence-electron chi connectivity index (χ2n) is 12.2. The van der Waals surface area contributed by atoms with Crippen LogP contribution in [0.5, 0.6) is 11.5 Å². The number of anilines is 2. The van der Waals surface area contributed by atoms with Crippen molar-refractivity contribution in [3.05, 3.63) is 84.4 Å². The second-order valence-corrected chi connectivity index (χ2v) is 14.1. The van der Waals surface area contributed by atoms with Gasteiger partial charge in [-0.15, -0.1) is 11.8 Å². The Labute approximate surface area is 267 Å². The van der Waals surface area contributed by atoms with E-state index in [9.17, 15) is 19.5 Å². The van der Waals surface area contributed by atoms with Gasteiger partial charge in [0.1, 0.15) is 17.5 Å². The first kappa shape index (κ1) is 31.0. The van der Waals surface area contributed by atoms with Crippen LogP contribution < -0.4 is 20.1 Å². The number of nitrogens with zero attached hydrogens (tertiary/aromatic N) is 1. The number of nitrogens with one attached hydrogen (secondary N) is 2. The molecule has 10 heteroatoms. The van der Waals surface area contributed by atoms with Crippen LogP contribution in [0.4, 0.5) is 11.4 Å². The van der Waals surface area contributed by atoms with Gasteiger partial charge in [0.15, 0.2) is 0 Å². The van der Waals surface area contributed by atoms with Crippen LogP contribution in [0.25, 0.3) is 0 Å². The molecule has 236 valence electrons. The predicted molar refractivity (Wildman–Crippen MR) is 174 cm³/mol. The van der Waals surface area contributed by atoms with Crippen LogP contribution in [-0.4, -0.2) is 69.6 Å². The number of aliphatic hydroxyl groups excluding tert-OH is 1. The third-order valence-corrected chi connectivity index (χ3v) is 11.4. The molecule has 0 aliphatic carbocycles. The monoisotopic (exact) mass is 629 g/mol. The van der Waals surface area contributed by atoms with Gasteiger partial charge in [0, 0.05) is 16.1 Å². The van der Waals surface area contributed by atoms with Gasteiger partial charge in [-0.1, -0.05) is 30.3 Å². The average Bonchev–Trinajstić information content (AvgIpc) is 3.62. The first-order chi connectivity index (χ1) is 21.7. The summed E-state index contributed by atoms with van der Waals surface area (Å²) < 4.78 is 9.44. The highest BCUT2D eigenvalue weighted by Gasteiger charge is 2.77. The SMILES string of the molecule is CCOc1ccc(NC(=O)[C@H]2[C@H]3C(=O)N([C@@H](CO)Cc4ccccc4)C(C(=O)Nc4ccc(OC)cc4)C34CC[C@]2(C)S4)cc1. The fourth-order valence-corrected chi connectivity index (χ4v) is 9.84. The maximum Gasteiger partial charge on any atom is 0.248 e. The molecule has 3 N–H and O–H groups in total. The summed E-state index contributed by atoms with van der Waals surface area (Å²) in [5, 5.41) is 16.8. The van der Waals surface area contributed by atoms with Crippen LogP contribution in [0.2, 0.25) is 0 Å². The Morgan fingerprint density at radius 2 is 1.58 bits per heavy atom. The number of benzene rings is 3. The van der Waals surface area contributed by atoms with Crippen LogP contribution in [0.15, 0.2) is 78.9 Å². The summed E-state index contributed by atoms with van der Waals surface area (Å²) in [7, 11) is 1.58. The lowest BCUT2D eigenvalue weighted by Gasteiger charge is -2.37. The van der Waals surface area contributed by atoms with Gasteiger partial charge < -0.3 is 30.1 Å². The highest BCUT2D eigenvalue weighted by atomic mass is 32.2. The minimum absolute atomic E-state index is 0.242. The molecular weight excluding hydrogens is 590 g/mol. The highest BCUT2D eigenvalue weighted by molar-refractivity contribution is 8.02. The zero-order chi connectivity index (χ0) is 31.8. The van der Waals surface area contributed by atoms with Gasteiger partial charge in [-0.2, -0.15) is 0 Å². The predicted octanol–water partition coefficient (Wildman–Crippen LogP) is 4.76. The van der Waals surface area contributed by atoms with E-state index in [4.69, 9.17) is 9.47 Å². The molecule has 45 heavy (non-hydrogen) atoms. The van der Waals surface area contributed by atoms with Crippen molar-refractivity contribution in [2.45, 2.75) is 54.7 Å². The number of hydrogen-bond acceptors (Lipinski definition) is 7. The van der Waals surface area contributed by atoms with Crippen LogP contribution in [-0.2, 0) is 20.8 Å². The first-order valence-electron chi connectivity index (χ1n) is 15.4. The molecule has 3 aromatic rings. The number of methoxy groups -OCH3 is 1. The molecule has 3 amide bonds. The Balaban J connectivity index is 1.35. The van der Waals surface area contributed by atoms with Crippen molar-refractivity contribution in [3.8, 4) is 11.5 Å². The number of rotatable bonds is 11. The molecule has 3 aromatic carbocycles. The third kappa shape index (κ3) is 5.55. The number of carbonyl (C=O) groups excluding carboxylic acids is 3. The molecule has 0 radical (unpaired) electrons. The second kappa shape index (κ2) is 12.4. The molecule has 2 unspecified atom stereocenters.